The number of fused-ring (bicyclic) bond motifs is 2. The normalized spacial score (nSPS) is 23.7. The number of carbonyl (C=O) groups excluding carboxylic acids is 2. The van der Waals surface area contributed by atoms with E-state index in [2.05, 4.69) is 15.3 Å². The van der Waals surface area contributed by atoms with Crippen molar-refractivity contribution in [1.82, 2.24) is 14.9 Å². The highest BCUT2D eigenvalue weighted by Gasteiger charge is 2.61. The smallest absolute Gasteiger partial charge is 0.254 e. The molecule has 0 saturated heterocycles. The van der Waals surface area contributed by atoms with Crippen LogP contribution in [0.3, 0.4) is 0 Å². The molecule has 1 aliphatic heterocycles. The van der Waals surface area contributed by atoms with Gasteiger partial charge in [-0.3, -0.25) is 14.9 Å². The number of nitrogens with zero attached hydrogens (tertiary/aromatic N) is 3. The van der Waals surface area contributed by atoms with Gasteiger partial charge in [0.15, 0.2) is 5.82 Å². The minimum absolute atomic E-state index is 0.0717. The molecule has 1 aromatic heterocycles. The van der Waals surface area contributed by atoms with Crippen LogP contribution in [0.15, 0.2) is 30.6 Å². The Morgan fingerprint density at radius 1 is 1.38 bits per heavy atom. The zero-order valence-electron chi connectivity index (χ0n) is 13.4. The molecule has 1 aliphatic carbocycles. The van der Waals surface area contributed by atoms with Gasteiger partial charge in [-0.05, 0) is 30.2 Å². The monoisotopic (exact) mass is 378 g/mol. The van der Waals surface area contributed by atoms with Crippen LogP contribution >= 0.6 is 11.6 Å². The average Bonchev–Trinajstić information content (AvgIpc) is 3.25. The van der Waals surface area contributed by atoms with Gasteiger partial charge in [0.1, 0.15) is 12.7 Å². The number of amides is 2. The third-order valence-electron chi connectivity index (χ3n) is 4.70. The Morgan fingerprint density at radius 3 is 2.73 bits per heavy atom. The summed E-state index contributed by atoms with van der Waals surface area (Å²) >= 11 is 6.00. The first-order chi connectivity index (χ1) is 12.4. The number of hydrogen-bond donors (Lipinski definition) is 1. The second-order valence-corrected chi connectivity index (χ2v) is 6.89. The zero-order chi connectivity index (χ0) is 18.5. The van der Waals surface area contributed by atoms with Crippen LogP contribution in [-0.2, 0) is 10.2 Å². The van der Waals surface area contributed by atoms with Gasteiger partial charge in [0.25, 0.3) is 5.91 Å². The molecule has 4 rings (SSSR count). The van der Waals surface area contributed by atoms with E-state index >= 15 is 0 Å². The van der Waals surface area contributed by atoms with Gasteiger partial charge in [0.2, 0.25) is 11.9 Å². The first kappa shape index (κ1) is 16.8. The highest BCUT2D eigenvalue weighted by Crippen LogP contribution is 2.54. The van der Waals surface area contributed by atoms with E-state index in [0.29, 0.717) is 16.1 Å². The summed E-state index contributed by atoms with van der Waals surface area (Å²) in [6.45, 7) is -0.186. The summed E-state index contributed by atoms with van der Waals surface area (Å²) in [5, 5.41) is 2.83. The molecule has 2 heterocycles. The van der Waals surface area contributed by atoms with Crippen LogP contribution in [0, 0.1) is 5.82 Å². The summed E-state index contributed by atoms with van der Waals surface area (Å²) in [4.78, 5) is 33.4. The summed E-state index contributed by atoms with van der Waals surface area (Å²) in [7, 11) is 0. The van der Waals surface area contributed by atoms with Gasteiger partial charge >= 0.3 is 0 Å². The van der Waals surface area contributed by atoms with Crippen LogP contribution in [-0.4, -0.2) is 45.9 Å². The van der Waals surface area contributed by atoms with E-state index in [1.54, 1.807) is 18.2 Å². The Hall–Kier alpha value is -2.61. The number of hydrogen-bond acceptors (Lipinski definition) is 4. The molecule has 1 N–H and O–H groups in total. The lowest BCUT2D eigenvalue weighted by Gasteiger charge is -2.34. The maximum atomic E-state index is 14.1. The van der Waals surface area contributed by atoms with E-state index < -0.39 is 23.3 Å². The van der Waals surface area contributed by atoms with E-state index in [9.17, 15) is 18.4 Å². The van der Waals surface area contributed by atoms with E-state index in [0.717, 1.165) is 12.4 Å². The van der Waals surface area contributed by atoms with Crippen molar-refractivity contribution in [1.29, 1.82) is 0 Å². The molecule has 2 atom stereocenters. The lowest BCUT2D eigenvalue weighted by Crippen LogP contribution is -2.47. The highest BCUT2D eigenvalue weighted by molar-refractivity contribution is 6.30. The number of anilines is 1. The maximum Gasteiger partial charge on any atom is 0.254 e. The fourth-order valence-corrected chi connectivity index (χ4v) is 3.50. The second-order valence-electron chi connectivity index (χ2n) is 6.45. The first-order valence-electron chi connectivity index (χ1n) is 7.90. The lowest BCUT2D eigenvalue weighted by atomic mass is 9.86. The molecule has 1 unspecified atom stereocenters. The average molecular weight is 379 g/mol. The van der Waals surface area contributed by atoms with Crippen LogP contribution < -0.4 is 5.32 Å². The number of benzene rings is 1. The number of rotatable bonds is 3. The molecule has 26 heavy (non-hydrogen) atoms. The van der Waals surface area contributed by atoms with E-state index in [4.69, 9.17) is 11.6 Å². The van der Waals surface area contributed by atoms with Gasteiger partial charge in [-0.2, -0.15) is 0 Å². The molecule has 2 aromatic rings. The summed E-state index contributed by atoms with van der Waals surface area (Å²) < 4.78 is 27.0. The summed E-state index contributed by atoms with van der Waals surface area (Å²) in [6.07, 6.45) is 1.04. The van der Waals surface area contributed by atoms with Gasteiger partial charge in [-0.15, -0.1) is 0 Å². The van der Waals surface area contributed by atoms with E-state index in [1.165, 1.54) is 4.90 Å². The molecule has 9 heteroatoms. The number of nitrogens with one attached hydrogen (secondary N) is 1. The van der Waals surface area contributed by atoms with Gasteiger partial charge in [-0.25, -0.2) is 18.7 Å². The molecule has 1 fully saturated rings. The Morgan fingerprint density at radius 2 is 2.08 bits per heavy atom. The highest BCUT2D eigenvalue weighted by atomic mass is 35.5. The van der Waals surface area contributed by atoms with Crippen LogP contribution in [0.25, 0.3) is 0 Å². The Labute approximate surface area is 152 Å². The molecular weight excluding hydrogens is 366 g/mol. The minimum atomic E-state index is -1.08. The van der Waals surface area contributed by atoms with Crippen LogP contribution in [0.5, 0.6) is 0 Å². The third-order valence-corrected chi connectivity index (χ3v) is 4.93. The van der Waals surface area contributed by atoms with Crippen molar-refractivity contribution in [3.63, 3.8) is 0 Å². The van der Waals surface area contributed by atoms with Crippen molar-refractivity contribution in [2.24, 2.45) is 0 Å². The van der Waals surface area contributed by atoms with Crippen molar-refractivity contribution in [3.8, 4) is 0 Å². The fraction of sp³-hybridized carbons (Fsp3) is 0.294. The molecule has 0 bridgehead atoms. The first-order valence-corrected chi connectivity index (χ1v) is 8.28. The molecule has 1 aromatic carbocycles. The van der Waals surface area contributed by atoms with Crippen molar-refractivity contribution >= 4 is 29.4 Å². The van der Waals surface area contributed by atoms with E-state index in [-0.39, 0.29) is 31.4 Å². The van der Waals surface area contributed by atoms with Crippen molar-refractivity contribution < 1.29 is 18.4 Å². The van der Waals surface area contributed by atoms with Crippen molar-refractivity contribution in [3.05, 3.63) is 52.6 Å². The van der Waals surface area contributed by atoms with Gasteiger partial charge < -0.3 is 4.90 Å². The van der Waals surface area contributed by atoms with Gasteiger partial charge in [0.05, 0.1) is 12.4 Å². The Balaban J connectivity index is 1.54. The second kappa shape index (κ2) is 5.98. The van der Waals surface area contributed by atoms with Gasteiger partial charge in [-0.1, -0.05) is 11.6 Å². The lowest BCUT2D eigenvalue weighted by molar-refractivity contribution is -0.117. The summed E-state index contributed by atoms with van der Waals surface area (Å²) in [6, 6.07) is 4.75. The number of carbonyl (C=O) groups is 2. The standard InChI is InChI=1S/C17H13ClF2N4O2/c18-9-1-2-11-12(3-9)17(4-13(17)20)8-24(15(11)26)7-14(25)23-16-21-5-10(19)6-22-16/h1-3,5-6,13H,4,7-8H2,(H,21,22,23,25)/t13-,17?/m0/s1. The number of aromatic nitrogens is 2. The van der Waals surface area contributed by atoms with Crippen molar-refractivity contribution in [2.45, 2.75) is 18.0 Å². The summed E-state index contributed by atoms with van der Waals surface area (Å²) in [5.74, 6) is -1.61. The molecule has 1 saturated carbocycles. The maximum absolute atomic E-state index is 14.1. The third kappa shape index (κ3) is 2.80. The molecule has 2 amide bonds. The van der Waals surface area contributed by atoms with E-state index in [1.807, 2.05) is 0 Å². The fourth-order valence-electron chi connectivity index (χ4n) is 3.33. The Kier molecular flexibility index (Phi) is 3.87. The van der Waals surface area contributed by atoms with Crippen LogP contribution in [0.4, 0.5) is 14.7 Å². The predicted octanol–water partition coefficient (Wildman–Crippen LogP) is 2.34. The van der Waals surface area contributed by atoms with Gasteiger partial charge in [0, 0.05) is 22.5 Å². The van der Waals surface area contributed by atoms with Crippen LogP contribution in [0.1, 0.15) is 22.3 Å². The van der Waals surface area contributed by atoms with Crippen LogP contribution in [0.2, 0.25) is 5.02 Å². The molecule has 134 valence electrons. The topological polar surface area (TPSA) is 75.2 Å². The quantitative estimate of drug-likeness (QED) is 0.889. The molecule has 2 aliphatic rings. The molecule has 0 radical (unpaired) electrons. The minimum Gasteiger partial charge on any atom is -0.328 e. The molecule has 1 spiro atoms. The molecule has 6 nitrogen and oxygen atoms in total. The predicted molar refractivity (Wildman–Crippen MR) is 89.2 cm³/mol. The number of halogens is 3. The summed E-state index contributed by atoms with van der Waals surface area (Å²) in [5.41, 5.74) is 0.147. The number of alkyl halides is 1. The Bertz CT molecular complexity index is 908. The van der Waals surface area contributed by atoms with Crippen molar-refractivity contribution in [2.75, 3.05) is 18.4 Å². The zero-order valence-corrected chi connectivity index (χ0v) is 14.1. The SMILES string of the molecule is O=C(CN1CC2(C[C@@H]2F)c2cc(Cl)ccc2C1=O)Nc1ncc(F)cn1. The largest absolute Gasteiger partial charge is 0.328 e. The molecular formula is C17H13ClF2N4O2.